The van der Waals surface area contributed by atoms with Gasteiger partial charge in [0, 0.05) is 12.2 Å². The lowest BCUT2D eigenvalue weighted by molar-refractivity contribution is -0.116. The van der Waals surface area contributed by atoms with Crippen molar-refractivity contribution in [1.29, 1.82) is 5.26 Å². The number of carbonyl (C=O) groups is 1. The molecule has 18 heavy (non-hydrogen) atoms. The van der Waals surface area contributed by atoms with Crippen LogP contribution in [0.2, 0.25) is 5.02 Å². The predicted octanol–water partition coefficient (Wildman–Crippen LogP) is 2.30. The van der Waals surface area contributed by atoms with Gasteiger partial charge in [-0.1, -0.05) is 24.9 Å². The van der Waals surface area contributed by atoms with Gasteiger partial charge in [0.25, 0.3) is 0 Å². The molecule has 0 saturated heterocycles. The molecule has 1 aromatic carbocycles. The Bertz CT molecular complexity index is 468. The summed E-state index contributed by atoms with van der Waals surface area (Å²) in [5, 5.41) is 9.20. The average molecular weight is 266 g/mol. The highest BCUT2D eigenvalue weighted by molar-refractivity contribution is 6.32. The molecular weight excluding hydrogens is 250 g/mol. The van der Waals surface area contributed by atoms with Crippen molar-refractivity contribution in [2.75, 3.05) is 18.0 Å². The lowest BCUT2D eigenvalue weighted by Crippen LogP contribution is -2.34. The molecule has 5 heteroatoms. The standard InChI is InChI=1S/C13H16ClN3O/c1-2-3-6-17(9-13(16)18)11-5-4-10(8-15)12(14)7-11/h4-5,7H,2-3,6,9H2,1H3,(H2,16,18). The molecule has 0 atom stereocenters. The number of rotatable bonds is 6. The summed E-state index contributed by atoms with van der Waals surface area (Å²) in [4.78, 5) is 12.9. The summed E-state index contributed by atoms with van der Waals surface area (Å²) in [7, 11) is 0. The Hall–Kier alpha value is -1.73. The fourth-order valence-electron chi connectivity index (χ4n) is 1.63. The minimum Gasteiger partial charge on any atom is -0.368 e. The fraction of sp³-hybridized carbons (Fsp3) is 0.385. The van der Waals surface area contributed by atoms with Crippen molar-refractivity contribution in [3.63, 3.8) is 0 Å². The molecule has 0 bridgehead atoms. The molecule has 0 aliphatic carbocycles. The molecule has 0 aliphatic rings. The number of hydrogen-bond acceptors (Lipinski definition) is 3. The third kappa shape index (κ3) is 3.94. The van der Waals surface area contributed by atoms with Gasteiger partial charge in [-0.15, -0.1) is 0 Å². The van der Waals surface area contributed by atoms with E-state index in [9.17, 15) is 4.79 Å². The first kappa shape index (κ1) is 14.3. The van der Waals surface area contributed by atoms with E-state index in [1.54, 1.807) is 18.2 Å². The van der Waals surface area contributed by atoms with E-state index in [2.05, 4.69) is 6.92 Å². The highest BCUT2D eigenvalue weighted by Gasteiger charge is 2.10. The average Bonchev–Trinajstić information content (AvgIpc) is 2.34. The Morgan fingerprint density at radius 3 is 2.78 bits per heavy atom. The topological polar surface area (TPSA) is 70.1 Å². The number of nitrogens with zero attached hydrogens (tertiary/aromatic N) is 2. The minimum absolute atomic E-state index is 0.155. The molecule has 96 valence electrons. The number of primary amides is 1. The summed E-state index contributed by atoms with van der Waals surface area (Å²) in [6.45, 7) is 2.97. The number of amides is 1. The lowest BCUT2D eigenvalue weighted by atomic mass is 10.2. The smallest absolute Gasteiger partial charge is 0.236 e. The third-order valence-electron chi connectivity index (χ3n) is 2.57. The molecule has 0 fully saturated rings. The molecule has 0 spiro atoms. The number of nitriles is 1. The highest BCUT2D eigenvalue weighted by Crippen LogP contribution is 2.23. The van der Waals surface area contributed by atoms with Gasteiger partial charge in [-0.25, -0.2) is 0 Å². The van der Waals surface area contributed by atoms with Crippen molar-refractivity contribution in [2.45, 2.75) is 19.8 Å². The summed E-state index contributed by atoms with van der Waals surface area (Å²) >= 11 is 5.98. The largest absolute Gasteiger partial charge is 0.368 e. The summed E-state index contributed by atoms with van der Waals surface area (Å²) in [6.07, 6.45) is 1.99. The first-order valence-corrected chi connectivity index (χ1v) is 6.19. The molecule has 0 aromatic heterocycles. The summed E-state index contributed by atoms with van der Waals surface area (Å²) in [6, 6.07) is 7.13. The molecule has 0 aliphatic heterocycles. The number of hydrogen-bond donors (Lipinski definition) is 1. The van der Waals surface area contributed by atoms with Crippen LogP contribution in [0.3, 0.4) is 0 Å². The zero-order valence-electron chi connectivity index (χ0n) is 10.3. The molecule has 0 saturated carbocycles. The zero-order valence-corrected chi connectivity index (χ0v) is 11.1. The van der Waals surface area contributed by atoms with Crippen LogP contribution in [0.5, 0.6) is 0 Å². The highest BCUT2D eigenvalue weighted by atomic mass is 35.5. The maximum Gasteiger partial charge on any atom is 0.236 e. The van der Waals surface area contributed by atoms with Crippen LogP contribution in [0.4, 0.5) is 5.69 Å². The second kappa shape index (κ2) is 6.87. The van der Waals surface area contributed by atoms with Crippen LogP contribution in [-0.4, -0.2) is 19.0 Å². The molecule has 1 aromatic rings. The van der Waals surface area contributed by atoms with Crippen LogP contribution in [0.1, 0.15) is 25.3 Å². The minimum atomic E-state index is -0.383. The maximum absolute atomic E-state index is 11.0. The Balaban J connectivity index is 2.94. The SMILES string of the molecule is CCCCN(CC(N)=O)c1ccc(C#N)c(Cl)c1. The van der Waals surface area contributed by atoms with E-state index in [0.29, 0.717) is 10.6 Å². The Labute approximate surface area is 112 Å². The van der Waals surface area contributed by atoms with Crippen LogP contribution in [0, 0.1) is 11.3 Å². The molecule has 4 nitrogen and oxygen atoms in total. The Morgan fingerprint density at radius 2 is 2.28 bits per heavy atom. The fourth-order valence-corrected chi connectivity index (χ4v) is 1.84. The van der Waals surface area contributed by atoms with Crippen LogP contribution in [0.15, 0.2) is 18.2 Å². The monoisotopic (exact) mass is 265 g/mol. The van der Waals surface area contributed by atoms with E-state index in [1.165, 1.54) is 0 Å². The van der Waals surface area contributed by atoms with Gasteiger partial charge in [0.1, 0.15) is 6.07 Å². The number of halogens is 1. The van der Waals surface area contributed by atoms with Gasteiger partial charge in [0.2, 0.25) is 5.91 Å². The van der Waals surface area contributed by atoms with Crippen LogP contribution < -0.4 is 10.6 Å². The summed E-state index contributed by atoms with van der Waals surface area (Å²) in [5.41, 5.74) is 6.47. The van der Waals surface area contributed by atoms with Crippen molar-refractivity contribution in [2.24, 2.45) is 5.73 Å². The number of anilines is 1. The molecule has 2 N–H and O–H groups in total. The number of nitrogens with two attached hydrogens (primary N) is 1. The van der Waals surface area contributed by atoms with Gasteiger partial charge in [-0.3, -0.25) is 4.79 Å². The summed E-state index contributed by atoms with van der Waals surface area (Å²) in [5.74, 6) is -0.383. The van der Waals surface area contributed by atoms with Crippen molar-refractivity contribution in [3.8, 4) is 6.07 Å². The van der Waals surface area contributed by atoms with Crippen LogP contribution in [0.25, 0.3) is 0 Å². The predicted molar refractivity (Wildman–Crippen MR) is 72.5 cm³/mol. The van der Waals surface area contributed by atoms with Gasteiger partial charge in [0.15, 0.2) is 0 Å². The van der Waals surface area contributed by atoms with E-state index in [4.69, 9.17) is 22.6 Å². The van der Waals surface area contributed by atoms with E-state index < -0.39 is 0 Å². The maximum atomic E-state index is 11.0. The first-order valence-electron chi connectivity index (χ1n) is 5.81. The number of unbranched alkanes of at least 4 members (excludes halogenated alkanes) is 1. The van der Waals surface area contributed by atoms with Gasteiger partial charge >= 0.3 is 0 Å². The Morgan fingerprint density at radius 1 is 1.56 bits per heavy atom. The van der Waals surface area contributed by atoms with E-state index in [0.717, 1.165) is 25.1 Å². The third-order valence-corrected chi connectivity index (χ3v) is 2.88. The van der Waals surface area contributed by atoms with E-state index >= 15 is 0 Å². The molecule has 0 heterocycles. The van der Waals surface area contributed by atoms with Crippen molar-refractivity contribution in [1.82, 2.24) is 0 Å². The van der Waals surface area contributed by atoms with Gasteiger partial charge in [0.05, 0.1) is 17.1 Å². The number of benzene rings is 1. The molecular formula is C13H16ClN3O. The normalized spacial score (nSPS) is 9.83. The van der Waals surface area contributed by atoms with Gasteiger partial charge in [-0.05, 0) is 24.6 Å². The van der Waals surface area contributed by atoms with Crippen molar-refractivity contribution in [3.05, 3.63) is 28.8 Å². The van der Waals surface area contributed by atoms with E-state index in [1.807, 2.05) is 11.0 Å². The molecule has 1 amide bonds. The van der Waals surface area contributed by atoms with Crippen molar-refractivity contribution < 1.29 is 4.79 Å². The van der Waals surface area contributed by atoms with Gasteiger partial charge < -0.3 is 10.6 Å². The number of carbonyl (C=O) groups excluding carboxylic acids is 1. The zero-order chi connectivity index (χ0) is 13.5. The van der Waals surface area contributed by atoms with E-state index in [-0.39, 0.29) is 12.5 Å². The summed E-state index contributed by atoms with van der Waals surface area (Å²) < 4.78 is 0. The van der Waals surface area contributed by atoms with Gasteiger partial charge in [-0.2, -0.15) is 5.26 Å². The molecule has 0 unspecified atom stereocenters. The van der Waals surface area contributed by atoms with Crippen LogP contribution >= 0.6 is 11.6 Å². The second-order valence-electron chi connectivity index (χ2n) is 4.02. The first-order chi connectivity index (χ1) is 8.58. The van der Waals surface area contributed by atoms with Crippen LogP contribution in [-0.2, 0) is 4.79 Å². The van der Waals surface area contributed by atoms with Crippen molar-refractivity contribution >= 4 is 23.2 Å². The lowest BCUT2D eigenvalue weighted by Gasteiger charge is -2.23. The second-order valence-corrected chi connectivity index (χ2v) is 4.42. The molecule has 1 rings (SSSR count). The quantitative estimate of drug-likeness (QED) is 0.858. The Kier molecular flexibility index (Phi) is 5.47. The molecule has 0 radical (unpaired) electrons.